The van der Waals surface area contributed by atoms with Crippen molar-refractivity contribution in [3.63, 3.8) is 0 Å². The minimum absolute atomic E-state index is 0.0904. The monoisotopic (exact) mass is 321 g/mol. The number of aliphatic hydroxyl groups excluding tert-OH is 2. The van der Waals surface area contributed by atoms with E-state index in [1.54, 1.807) is 18.2 Å². The van der Waals surface area contributed by atoms with E-state index in [0.717, 1.165) is 0 Å². The molecule has 0 bridgehead atoms. The Bertz CT molecular complexity index is 729. The number of fused-ring (bicyclic) bond motifs is 1. The predicted octanol–water partition coefficient (Wildman–Crippen LogP) is 1.30. The average Bonchev–Trinajstić information content (AvgIpc) is 2.56. The highest BCUT2D eigenvalue weighted by Crippen LogP contribution is 2.45. The Morgan fingerprint density at radius 3 is 2.13 bits per heavy atom. The van der Waals surface area contributed by atoms with Crippen LogP contribution in [0.2, 0.25) is 0 Å². The van der Waals surface area contributed by atoms with Crippen LogP contribution in [0.1, 0.15) is 10.4 Å². The highest BCUT2D eigenvalue weighted by molar-refractivity contribution is 6.07. The molecule has 0 heterocycles. The van der Waals surface area contributed by atoms with Crippen LogP contribution in [0.15, 0.2) is 24.3 Å². The van der Waals surface area contributed by atoms with E-state index in [4.69, 9.17) is 19.7 Å². The number of benzene rings is 2. The maximum Gasteiger partial charge on any atom is 0.322 e. The normalized spacial score (nSPS) is 10.5. The first-order valence-corrected chi connectivity index (χ1v) is 6.81. The van der Waals surface area contributed by atoms with Crippen molar-refractivity contribution < 1.29 is 29.4 Å². The Morgan fingerprint density at radius 1 is 1.04 bits per heavy atom. The highest BCUT2D eigenvalue weighted by Gasteiger charge is 2.29. The highest BCUT2D eigenvalue weighted by atomic mass is 16.6. The van der Waals surface area contributed by atoms with Crippen LogP contribution in [-0.4, -0.2) is 47.9 Å². The van der Waals surface area contributed by atoms with Gasteiger partial charge in [-0.25, -0.2) is 0 Å². The SMILES string of the molecule is O=Cc1c(OCCO)c(OCCO)c([N+](=O)[O-])c2ccccc12. The van der Waals surface area contributed by atoms with Gasteiger partial charge in [0.05, 0.1) is 29.1 Å². The van der Waals surface area contributed by atoms with Gasteiger partial charge in [-0.1, -0.05) is 18.2 Å². The number of nitro benzene ring substituents is 1. The van der Waals surface area contributed by atoms with Crippen LogP contribution < -0.4 is 9.47 Å². The minimum atomic E-state index is -0.630. The number of rotatable bonds is 8. The van der Waals surface area contributed by atoms with Crippen LogP contribution in [0, 0.1) is 10.1 Å². The van der Waals surface area contributed by atoms with E-state index in [1.165, 1.54) is 6.07 Å². The van der Waals surface area contributed by atoms with E-state index >= 15 is 0 Å². The molecule has 0 atom stereocenters. The number of carbonyl (C=O) groups excluding carboxylic acids is 1. The molecule has 2 N–H and O–H groups in total. The van der Waals surface area contributed by atoms with Gasteiger partial charge in [0.15, 0.2) is 12.0 Å². The zero-order chi connectivity index (χ0) is 16.8. The van der Waals surface area contributed by atoms with E-state index in [1.807, 2.05) is 0 Å². The largest absolute Gasteiger partial charge is 0.486 e. The van der Waals surface area contributed by atoms with Gasteiger partial charge in [0, 0.05) is 5.39 Å². The summed E-state index contributed by atoms with van der Waals surface area (Å²) in [7, 11) is 0. The third-order valence-corrected chi connectivity index (χ3v) is 3.11. The minimum Gasteiger partial charge on any atom is -0.486 e. The quantitative estimate of drug-likeness (QED) is 0.427. The Balaban J connectivity index is 2.84. The molecule has 0 saturated carbocycles. The molecule has 0 radical (unpaired) electrons. The van der Waals surface area contributed by atoms with Crippen LogP contribution in [0.25, 0.3) is 10.8 Å². The van der Waals surface area contributed by atoms with Gasteiger partial charge in [0.25, 0.3) is 0 Å². The topological polar surface area (TPSA) is 119 Å². The molecule has 0 saturated heterocycles. The molecule has 0 fully saturated rings. The third kappa shape index (κ3) is 3.22. The smallest absolute Gasteiger partial charge is 0.322 e. The number of carbonyl (C=O) groups is 1. The molecule has 0 aliphatic carbocycles. The van der Waals surface area contributed by atoms with E-state index in [9.17, 15) is 14.9 Å². The van der Waals surface area contributed by atoms with Gasteiger partial charge in [0.1, 0.15) is 13.2 Å². The third-order valence-electron chi connectivity index (χ3n) is 3.11. The van der Waals surface area contributed by atoms with Crippen molar-refractivity contribution in [2.75, 3.05) is 26.4 Å². The lowest BCUT2D eigenvalue weighted by Gasteiger charge is -2.16. The van der Waals surface area contributed by atoms with Crippen LogP contribution in [-0.2, 0) is 0 Å². The zero-order valence-corrected chi connectivity index (χ0v) is 12.1. The fourth-order valence-electron chi connectivity index (χ4n) is 2.27. The molecule has 2 aromatic carbocycles. The maximum atomic E-state index is 11.5. The molecule has 2 rings (SSSR count). The molecule has 0 aliphatic rings. The average molecular weight is 321 g/mol. The number of nitrogens with zero attached hydrogens (tertiary/aromatic N) is 1. The lowest BCUT2D eigenvalue weighted by molar-refractivity contribution is -0.384. The number of ether oxygens (including phenoxy) is 2. The second-order valence-corrected chi connectivity index (χ2v) is 4.49. The van der Waals surface area contributed by atoms with E-state index in [2.05, 4.69) is 0 Å². The number of aliphatic hydroxyl groups is 2. The van der Waals surface area contributed by atoms with Crippen LogP contribution in [0.4, 0.5) is 5.69 Å². The Labute approximate surface area is 131 Å². The fraction of sp³-hybridized carbons (Fsp3) is 0.267. The van der Waals surface area contributed by atoms with Crippen LogP contribution in [0.3, 0.4) is 0 Å². The summed E-state index contributed by atoms with van der Waals surface area (Å²) >= 11 is 0. The van der Waals surface area contributed by atoms with Gasteiger partial charge in [-0.2, -0.15) is 0 Å². The molecule has 0 unspecified atom stereocenters. The van der Waals surface area contributed by atoms with Gasteiger partial charge in [-0.3, -0.25) is 14.9 Å². The zero-order valence-electron chi connectivity index (χ0n) is 12.1. The van der Waals surface area contributed by atoms with Gasteiger partial charge in [0.2, 0.25) is 5.75 Å². The van der Waals surface area contributed by atoms with E-state index in [-0.39, 0.29) is 54.6 Å². The van der Waals surface area contributed by atoms with Crippen LogP contribution in [0.5, 0.6) is 11.5 Å². The number of hydrogen-bond donors (Lipinski definition) is 2. The lowest BCUT2D eigenvalue weighted by atomic mass is 10.0. The van der Waals surface area contributed by atoms with Crippen molar-refractivity contribution in [2.45, 2.75) is 0 Å². The van der Waals surface area contributed by atoms with E-state index < -0.39 is 4.92 Å². The molecule has 0 spiro atoms. The van der Waals surface area contributed by atoms with Gasteiger partial charge >= 0.3 is 5.69 Å². The van der Waals surface area contributed by atoms with Crippen molar-refractivity contribution in [1.82, 2.24) is 0 Å². The second-order valence-electron chi connectivity index (χ2n) is 4.49. The van der Waals surface area contributed by atoms with Crippen molar-refractivity contribution in [1.29, 1.82) is 0 Å². The first-order chi connectivity index (χ1) is 11.2. The molecule has 8 nitrogen and oxygen atoms in total. The summed E-state index contributed by atoms with van der Waals surface area (Å²) < 4.78 is 10.6. The molecule has 0 amide bonds. The molecule has 8 heteroatoms. The molecule has 0 aliphatic heterocycles. The summed E-state index contributed by atoms with van der Waals surface area (Å²) in [5.41, 5.74) is -0.264. The summed E-state index contributed by atoms with van der Waals surface area (Å²) in [5.74, 6) is -0.355. The second kappa shape index (κ2) is 7.52. The molecule has 23 heavy (non-hydrogen) atoms. The molecular formula is C15H15NO7. The van der Waals surface area contributed by atoms with Gasteiger partial charge in [-0.15, -0.1) is 0 Å². The lowest BCUT2D eigenvalue weighted by Crippen LogP contribution is -2.10. The summed E-state index contributed by atoms with van der Waals surface area (Å²) in [6.07, 6.45) is 0.518. The summed E-state index contributed by atoms with van der Waals surface area (Å²) in [6, 6.07) is 6.31. The van der Waals surface area contributed by atoms with Crippen molar-refractivity contribution >= 4 is 22.7 Å². The molecule has 2 aromatic rings. The molecular weight excluding hydrogens is 306 g/mol. The Hall–Kier alpha value is -2.71. The summed E-state index contributed by atoms with van der Waals surface area (Å²) in [4.78, 5) is 22.4. The first-order valence-electron chi connectivity index (χ1n) is 6.81. The van der Waals surface area contributed by atoms with Crippen molar-refractivity contribution in [2.24, 2.45) is 0 Å². The predicted molar refractivity (Wildman–Crippen MR) is 81.2 cm³/mol. The van der Waals surface area contributed by atoms with Crippen LogP contribution >= 0.6 is 0 Å². The van der Waals surface area contributed by atoms with Crippen molar-refractivity contribution in [3.8, 4) is 11.5 Å². The molecule has 0 aromatic heterocycles. The number of nitro groups is 1. The fourth-order valence-corrected chi connectivity index (χ4v) is 2.27. The number of aldehydes is 1. The van der Waals surface area contributed by atoms with Gasteiger partial charge in [-0.05, 0) is 6.07 Å². The summed E-state index contributed by atoms with van der Waals surface area (Å²) in [5, 5.41) is 29.9. The van der Waals surface area contributed by atoms with Crippen molar-refractivity contribution in [3.05, 3.63) is 39.9 Å². The number of hydrogen-bond acceptors (Lipinski definition) is 7. The standard InChI is InChI=1S/C15H15NO7/c17-5-7-22-14-12(9-19)10-3-1-2-4-11(10)13(16(20)21)15(14)23-8-6-18/h1-4,9,17-18H,5-8H2. The Kier molecular flexibility index (Phi) is 5.45. The molecule has 122 valence electrons. The summed E-state index contributed by atoms with van der Waals surface area (Å²) in [6.45, 7) is -1.06. The van der Waals surface area contributed by atoms with E-state index in [0.29, 0.717) is 11.7 Å². The maximum absolute atomic E-state index is 11.5. The Morgan fingerprint density at radius 2 is 1.61 bits per heavy atom. The first kappa shape index (κ1) is 16.7. The van der Waals surface area contributed by atoms with Gasteiger partial charge < -0.3 is 19.7 Å².